The van der Waals surface area contributed by atoms with Crippen LogP contribution in [0.25, 0.3) is 0 Å². The van der Waals surface area contributed by atoms with Crippen molar-refractivity contribution in [2.75, 3.05) is 5.73 Å². The quantitative estimate of drug-likeness (QED) is 0.501. The van der Waals surface area contributed by atoms with Gasteiger partial charge in [0.1, 0.15) is 4.64 Å². The third kappa shape index (κ3) is 1.17. The number of H-pyrrole nitrogens is 2. The molecule has 0 aliphatic heterocycles. The van der Waals surface area contributed by atoms with E-state index in [1.54, 1.807) is 6.20 Å². The number of rotatable bonds is 0. The summed E-state index contributed by atoms with van der Waals surface area (Å²) in [7, 11) is 0. The first-order valence-corrected chi connectivity index (χ1v) is 3.09. The SMILES string of the molecule is Nc1c[nH][nH]c(=S)c1=S. The van der Waals surface area contributed by atoms with Gasteiger partial charge in [-0.1, -0.05) is 24.4 Å². The molecule has 0 radical (unpaired) electrons. The molecule has 4 N–H and O–H groups in total. The van der Waals surface area contributed by atoms with Crippen molar-refractivity contribution in [1.82, 2.24) is 10.2 Å². The smallest absolute Gasteiger partial charge is 0.138 e. The van der Waals surface area contributed by atoms with Gasteiger partial charge < -0.3 is 10.8 Å². The van der Waals surface area contributed by atoms with Crippen LogP contribution in [0.3, 0.4) is 0 Å². The third-order valence-corrected chi connectivity index (χ3v) is 1.76. The van der Waals surface area contributed by atoms with Crippen LogP contribution in [0.2, 0.25) is 0 Å². The Hall–Kier alpha value is -0.680. The molecule has 0 atom stereocenters. The maximum absolute atomic E-state index is 5.40. The summed E-state index contributed by atoms with van der Waals surface area (Å²) >= 11 is 9.58. The maximum Gasteiger partial charge on any atom is 0.138 e. The first kappa shape index (κ1) is 6.44. The molecule has 48 valence electrons. The fourth-order valence-electron chi connectivity index (χ4n) is 0.433. The number of nitrogens with two attached hydrogens (primary N) is 1. The monoisotopic (exact) mass is 159 g/mol. The molecule has 0 spiro atoms. The normalized spacial score (nSPS) is 9.33. The average Bonchev–Trinajstić information content (AvgIpc) is 1.83. The van der Waals surface area contributed by atoms with E-state index in [4.69, 9.17) is 30.2 Å². The van der Waals surface area contributed by atoms with Gasteiger partial charge in [0.15, 0.2) is 0 Å². The van der Waals surface area contributed by atoms with Gasteiger partial charge in [0.2, 0.25) is 0 Å². The van der Waals surface area contributed by atoms with Gasteiger partial charge in [-0.25, -0.2) is 0 Å². The van der Waals surface area contributed by atoms with Gasteiger partial charge in [-0.3, -0.25) is 5.10 Å². The summed E-state index contributed by atoms with van der Waals surface area (Å²) in [4.78, 5) is 0. The maximum atomic E-state index is 5.40. The van der Waals surface area contributed by atoms with E-state index in [0.29, 0.717) is 14.8 Å². The van der Waals surface area contributed by atoms with Crippen molar-refractivity contribution in [3.05, 3.63) is 15.3 Å². The molecule has 1 rings (SSSR count). The van der Waals surface area contributed by atoms with Gasteiger partial charge in [-0.2, -0.15) is 0 Å². The molecule has 1 aromatic rings. The molecule has 0 fully saturated rings. The van der Waals surface area contributed by atoms with Gasteiger partial charge in [-0.05, 0) is 0 Å². The highest BCUT2D eigenvalue weighted by Gasteiger charge is 1.86. The second-order valence-corrected chi connectivity index (χ2v) is 2.34. The summed E-state index contributed by atoms with van der Waals surface area (Å²) in [6.45, 7) is 0. The van der Waals surface area contributed by atoms with Crippen LogP contribution in [-0.4, -0.2) is 10.2 Å². The Labute approximate surface area is 61.9 Å². The minimum absolute atomic E-state index is 0.477. The van der Waals surface area contributed by atoms with Crippen molar-refractivity contribution in [3.63, 3.8) is 0 Å². The van der Waals surface area contributed by atoms with E-state index in [-0.39, 0.29) is 0 Å². The van der Waals surface area contributed by atoms with E-state index in [1.807, 2.05) is 0 Å². The van der Waals surface area contributed by atoms with Crippen molar-refractivity contribution in [2.45, 2.75) is 0 Å². The Bertz CT molecular complexity index is 310. The predicted octanol–water partition coefficient (Wildman–Crippen LogP) is 1.38. The number of aromatic amines is 2. The zero-order chi connectivity index (χ0) is 6.85. The highest BCUT2D eigenvalue weighted by molar-refractivity contribution is 7.74. The Morgan fingerprint density at radius 2 is 2.11 bits per heavy atom. The number of aromatic nitrogens is 2. The third-order valence-electron chi connectivity index (χ3n) is 0.882. The van der Waals surface area contributed by atoms with Gasteiger partial charge in [0.05, 0.1) is 10.2 Å². The average molecular weight is 159 g/mol. The summed E-state index contributed by atoms with van der Waals surface area (Å²) in [5.74, 6) is 0. The first-order chi connectivity index (χ1) is 4.22. The highest BCUT2D eigenvalue weighted by atomic mass is 32.1. The van der Waals surface area contributed by atoms with E-state index in [9.17, 15) is 0 Å². The molecule has 0 saturated heterocycles. The van der Waals surface area contributed by atoms with Crippen LogP contribution < -0.4 is 5.73 Å². The lowest BCUT2D eigenvalue weighted by Gasteiger charge is -1.89. The summed E-state index contributed by atoms with van der Waals surface area (Å²) in [6.07, 6.45) is 1.57. The van der Waals surface area contributed by atoms with Gasteiger partial charge >= 0.3 is 0 Å². The molecule has 5 heteroatoms. The van der Waals surface area contributed by atoms with E-state index < -0.39 is 0 Å². The molecule has 0 saturated carbocycles. The van der Waals surface area contributed by atoms with Gasteiger partial charge in [0.25, 0.3) is 0 Å². The molecule has 0 aromatic carbocycles. The lowest BCUT2D eigenvalue weighted by Crippen LogP contribution is -1.90. The lowest BCUT2D eigenvalue weighted by atomic mass is 10.5. The second-order valence-electron chi connectivity index (χ2n) is 1.53. The molecule has 0 bridgehead atoms. The van der Waals surface area contributed by atoms with Crippen molar-refractivity contribution < 1.29 is 0 Å². The molecule has 1 heterocycles. The number of hydrogen-bond acceptors (Lipinski definition) is 3. The number of nitrogens with one attached hydrogen (secondary N) is 2. The number of anilines is 1. The molecule has 0 amide bonds. The van der Waals surface area contributed by atoms with Crippen LogP contribution >= 0.6 is 24.4 Å². The summed E-state index contributed by atoms with van der Waals surface area (Å²) in [5.41, 5.74) is 5.91. The highest BCUT2D eigenvalue weighted by Crippen LogP contribution is 2.00. The van der Waals surface area contributed by atoms with Gasteiger partial charge in [0, 0.05) is 6.20 Å². The minimum Gasteiger partial charge on any atom is -0.396 e. The van der Waals surface area contributed by atoms with Gasteiger partial charge in [-0.15, -0.1) is 0 Å². The molecule has 0 aliphatic carbocycles. The summed E-state index contributed by atoms with van der Waals surface area (Å²) in [5, 5.41) is 5.29. The topological polar surface area (TPSA) is 57.6 Å². The lowest BCUT2D eigenvalue weighted by molar-refractivity contribution is 1.01. The van der Waals surface area contributed by atoms with Crippen LogP contribution in [-0.2, 0) is 0 Å². The minimum atomic E-state index is 0.477. The van der Waals surface area contributed by atoms with Crippen molar-refractivity contribution in [3.8, 4) is 0 Å². The molecular formula is C4H5N3S2. The van der Waals surface area contributed by atoms with Crippen LogP contribution in [0.15, 0.2) is 6.20 Å². The van der Waals surface area contributed by atoms with E-state index in [2.05, 4.69) is 10.2 Å². The van der Waals surface area contributed by atoms with E-state index >= 15 is 0 Å². The first-order valence-electron chi connectivity index (χ1n) is 2.27. The molecule has 1 aromatic heterocycles. The molecular weight excluding hydrogens is 154 g/mol. The molecule has 3 nitrogen and oxygen atoms in total. The Kier molecular flexibility index (Phi) is 1.63. The van der Waals surface area contributed by atoms with Crippen molar-refractivity contribution in [1.29, 1.82) is 0 Å². The molecule has 0 aliphatic rings. The Morgan fingerprint density at radius 3 is 2.56 bits per heavy atom. The van der Waals surface area contributed by atoms with Crippen LogP contribution in [0, 0.1) is 9.15 Å². The molecule has 0 unspecified atom stereocenters. The Morgan fingerprint density at radius 1 is 1.44 bits per heavy atom. The number of nitrogen functional groups attached to an aromatic ring is 1. The van der Waals surface area contributed by atoms with Crippen LogP contribution in [0.4, 0.5) is 5.69 Å². The standard InChI is InChI=1S/C4H5N3S2/c5-2-1-6-7-4(9)3(2)8/h1H,(H,6,8)(H3,5,7,9). The Balaban J connectivity index is 3.63. The fraction of sp³-hybridized carbons (Fsp3) is 0. The van der Waals surface area contributed by atoms with Crippen molar-refractivity contribution >= 4 is 30.1 Å². The van der Waals surface area contributed by atoms with Crippen molar-refractivity contribution in [2.24, 2.45) is 0 Å². The molecule has 9 heavy (non-hydrogen) atoms. The predicted molar refractivity (Wildman–Crippen MR) is 41.2 cm³/mol. The summed E-state index contributed by atoms with van der Waals surface area (Å²) < 4.78 is 0.980. The van der Waals surface area contributed by atoms with E-state index in [1.165, 1.54) is 0 Å². The largest absolute Gasteiger partial charge is 0.396 e. The van der Waals surface area contributed by atoms with Crippen LogP contribution in [0.1, 0.15) is 0 Å². The number of hydrogen-bond donors (Lipinski definition) is 3. The van der Waals surface area contributed by atoms with Crippen LogP contribution in [0.5, 0.6) is 0 Å². The summed E-state index contributed by atoms with van der Waals surface area (Å²) in [6, 6.07) is 0. The van der Waals surface area contributed by atoms with E-state index in [0.717, 1.165) is 0 Å². The second kappa shape index (κ2) is 2.28. The zero-order valence-electron chi connectivity index (χ0n) is 4.47. The zero-order valence-corrected chi connectivity index (χ0v) is 6.10. The fourth-order valence-corrected chi connectivity index (χ4v) is 0.720.